The minimum Gasteiger partial charge on any atom is -0.425 e. The van der Waals surface area contributed by atoms with Crippen LogP contribution in [0, 0.1) is 0 Å². The zero-order valence-electron chi connectivity index (χ0n) is 43.1. The summed E-state index contributed by atoms with van der Waals surface area (Å²) >= 11 is 0. The van der Waals surface area contributed by atoms with E-state index < -0.39 is 145 Å². The van der Waals surface area contributed by atoms with Gasteiger partial charge in [-0.25, -0.2) is 0 Å². The number of aromatic nitrogens is 4. The van der Waals surface area contributed by atoms with Crippen LogP contribution < -0.4 is 54.6 Å². The lowest BCUT2D eigenvalue weighted by atomic mass is 10.0. The zero-order chi connectivity index (χ0) is 58.5. The maximum atomic E-state index is 14.6. The number of hydrogen-bond donors (Lipinski definition) is 10. The van der Waals surface area contributed by atoms with Crippen LogP contribution >= 0.6 is 0 Å². The first kappa shape index (κ1) is 59.7. The molecule has 428 valence electrons. The van der Waals surface area contributed by atoms with E-state index in [1.54, 1.807) is 0 Å². The molecule has 1 unspecified atom stereocenters. The van der Waals surface area contributed by atoms with Crippen LogP contribution in [0.5, 0.6) is 0 Å². The van der Waals surface area contributed by atoms with Gasteiger partial charge in [-0.3, -0.25) is 62.3 Å². The number of fused-ring (bicyclic) bond motifs is 2. The zero-order valence-corrected chi connectivity index (χ0v) is 43.1. The van der Waals surface area contributed by atoms with Crippen LogP contribution in [0.2, 0.25) is 0 Å². The van der Waals surface area contributed by atoms with Crippen molar-refractivity contribution in [1.82, 2.24) is 55.3 Å². The lowest BCUT2D eigenvalue weighted by Crippen LogP contribution is -2.52. The minimum absolute atomic E-state index is 0.0147. The number of amides is 7. The third kappa shape index (κ3) is 13.6. The van der Waals surface area contributed by atoms with Gasteiger partial charge in [0, 0.05) is 59.7 Å². The molecular formula is C49H58N12O19. The molecule has 4 aliphatic heterocycles. The molecule has 4 aliphatic rings. The van der Waals surface area contributed by atoms with Crippen molar-refractivity contribution < 1.29 is 73.5 Å². The third-order valence-corrected chi connectivity index (χ3v) is 12.8. The predicted molar refractivity (Wildman–Crippen MR) is 272 cm³/mol. The highest BCUT2D eigenvalue weighted by atomic mass is 16.5. The molecule has 4 aromatic heterocycles. The van der Waals surface area contributed by atoms with Crippen molar-refractivity contribution in [3.05, 3.63) is 135 Å². The fourth-order valence-corrected chi connectivity index (χ4v) is 8.59. The summed E-state index contributed by atoms with van der Waals surface area (Å²) in [6.07, 6.45) is -0.905. The number of carbonyl (C=O) groups excluding carboxylic acids is 9. The smallest absolute Gasteiger partial charge is 0.296 e. The second-order valence-corrected chi connectivity index (χ2v) is 18.2. The summed E-state index contributed by atoms with van der Waals surface area (Å²) in [6, 6.07) is 4.10. The van der Waals surface area contributed by atoms with Crippen molar-refractivity contribution in [2.45, 2.75) is 57.7 Å². The Morgan fingerprint density at radius 2 is 1.07 bits per heavy atom. The first-order valence-electron chi connectivity index (χ1n) is 24.8. The molecule has 31 heteroatoms. The van der Waals surface area contributed by atoms with Crippen LogP contribution in [0.3, 0.4) is 0 Å². The van der Waals surface area contributed by atoms with E-state index >= 15 is 0 Å². The van der Waals surface area contributed by atoms with Crippen molar-refractivity contribution in [2.75, 3.05) is 72.2 Å². The molecule has 3 atom stereocenters. The Hall–Kier alpha value is -9.49. The maximum absolute atomic E-state index is 14.6. The topological polar surface area (TPSA) is 434 Å². The molecule has 8 heterocycles. The Kier molecular flexibility index (Phi) is 20.0. The Balaban J connectivity index is 1.39. The quantitative estimate of drug-likeness (QED) is 0.0416. The Bertz CT molecular complexity index is 3350. The molecular weight excluding hydrogens is 1060 g/mol. The van der Waals surface area contributed by atoms with E-state index in [2.05, 4.69) is 26.6 Å². The van der Waals surface area contributed by atoms with Gasteiger partial charge in [-0.15, -0.1) is 18.9 Å². The average Bonchev–Trinajstić information content (AvgIpc) is 3.85. The van der Waals surface area contributed by atoms with Crippen LogP contribution in [0.4, 0.5) is 0 Å². The maximum Gasteiger partial charge on any atom is 0.296 e. The van der Waals surface area contributed by atoms with Gasteiger partial charge in [-0.1, -0.05) is 0 Å². The van der Waals surface area contributed by atoms with Crippen molar-refractivity contribution in [3.63, 3.8) is 0 Å². The van der Waals surface area contributed by atoms with E-state index in [-0.39, 0.29) is 110 Å². The van der Waals surface area contributed by atoms with Gasteiger partial charge in [0.2, 0.25) is 5.91 Å². The van der Waals surface area contributed by atoms with Crippen LogP contribution in [-0.4, -0.2) is 193 Å². The summed E-state index contributed by atoms with van der Waals surface area (Å²) < 4.78 is 10.5. The van der Waals surface area contributed by atoms with Gasteiger partial charge in [0.15, 0.2) is 11.6 Å². The lowest BCUT2D eigenvalue weighted by molar-refractivity contribution is -0.126. The SMILES string of the molecule is CC(=O)c1ccc(C(=O)N2CCCNC(=O)c3ccc(c(=O)n3O)C(=O)N[C@@H]3COC[C@@H]3NC(=O)c3ccc(n(O)c3=O)C(=O)NCCCN(C(=O)c3ccc(C(C)=O)n(O)c3=O)C(C(=O)NCCOCCN)CCC2)c(=O)n1O. The molecule has 11 N–H and O–H groups in total. The van der Waals surface area contributed by atoms with E-state index in [4.69, 9.17) is 15.2 Å². The number of ketones is 2. The normalized spacial score (nSPS) is 18.1. The predicted octanol–water partition coefficient (Wildman–Crippen LogP) is -3.61. The second-order valence-electron chi connectivity index (χ2n) is 18.2. The number of rotatable bonds is 10. The number of ether oxygens (including phenoxy) is 2. The minimum atomic E-state index is -1.58. The fraction of sp³-hybridized carbons (Fsp3) is 0.408. The molecule has 0 spiro atoms. The second kappa shape index (κ2) is 26.7. The van der Waals surface area contributed by atoms with Crippen LogP contribution in [0.1, 0.15) is 123 Å². The molecule has 0 radical (unpaired) electrons. The van der Waals surface area contributed by atoms with Gasteiger partial charge < -0.3 is 72.4 Å². The average molecular weight is 1120 g/mol. The molecule has 80 heavy (non-hydrogen) atoms. The first-order valence-corrected chi connectivity index (χ1v) is 24.8. The van der Waals surface area contributed by atoms with Crippen molar-refractivity contribution in [2.24, 2.45) is 5.73 Å². The fourth-order valence-electron chi connectivity index (χ4n) is 8.59. The summed E-state index contributed by atoms with van der Waals surface area (Å²) in [6.45, 7) is 0.00633. The van der Waals surface area contributed by atoms with E-state index in [0.29, 0.717) is 0 Å². The van der Waals surface area contributed by atoms with Gasteiger partial charge in [-0.05, 0) is 74.2 Å². The standard InChI is InChI=1S/C49H58N12O19/c1-26(62)34-11-9-30(48(73)58(34)75)44(69)56-19-3-6-36(41(66)53-18-23-79-22-15-50)57(45(70)31-10-12-35(27(2)63)59(76)49(31)74)21-5-17-52-43(68)38-14-8-29(47(72)61(38)78)40(65)55-33-25-80-24-32(33)54-39(64)28-7-13-37(60(77)46(28)71)42(67)51-16-4-20-56/h7-14,32-33,36,75-78H,3-6,15-25,50H2,1-2H3,(H,51,67)(H,52,68)(H,53,66)(H,54,64)(H,55,65)/t32-,33+,36?/m1/s1. The van der Waals surface area contributed by atoms with Crippen molar-refractivity contribution >= 4 is 52.9 Å². The number of pyridine rings is 4. The highest BCUT2D eigenvalue weighted by molar-refractivity contribution is 6.00. The summed E-state index contributed by atoms with van der Waals surface area (Å²) in [5.41, 5.74) is -4.72. The summed E-state index contributed by atoms with van der Waals surface area (Å²) in [5, 5.41) is 55.3. The monoisotopic (exact) mass is 1120 g/mol. The Labute approximate surface area is 451 Å². The molecule has 1 saturated heterocycles. The Morgan fingerprint density at radius 1 is 0.600 bits per heavy atom. The van der Waals surface area contributed by atoms with Gasteiger partial charge in [0.25, 0.3) is 57.7 Å². The molecule has 1 fully saturated rings. The number of hydrogen-bond acceptors (Lipinski definition) is 20. The molecule has 0 aliphatic carbocycles. The summed E-state index contributed by atoms with van der Waals surface area (Å²) in [5.74, 6) is -8.73. The largest absolute Gasteiger partial charge is 0.425 e. The lowest BCUT2D eigenvalue weighted by Gasteiger charge is -2.32. The molecule has 8 rings (SSSR count). The number of nitrogens with one attached hydrogen (secondary N) is 5. The molecule has 0 aromatic carbocycles. The van der Waals surface area contributed by atoms with Gasteiger partial charge in [0.05, 0.1) is 38.5 Å². The molecule has 4 bridgehead atoms. The molecule has 31 nitrogen and oxygen atoms in total. The number of nitrogens with zero attached hydrogens (tertiary/aromatic N) is 6. The van der Waals surface area contributed by atoms with Crippen molar-refractivity contribution in [1.29, 1.82) is 0 Å². The third-order valence-electron chi connectivity index (χ3n) is 12.8. The summed E-state index contributed by atoms with van der Waals surface area (Å²) in [4.78, 5) is 176. The van der Waals surface area contributed by atoms with Crippen LogP contribution in [0.25, 0.3) is 0 Å². The van der Waals surface area contributed by atoms with Gasteiger partial charge in [-0.2, -0.15) is 0 Å². The molecule has 4 aromatic rings. The number of Topliss-reactive ketones (excluding diaryl/α,β-unsaturated/α-hetero) is 2. The van der Waals surface area contributed by atoms with Crippen molar-refractivity contribution in [3.8, 4) is 0 Å². The van der Waals surface area contributed by atoms with Gasteiger partial charge in [0.1, 0.15) is 51.1 Å². The number of carbonyl (C=O) groups is 9. The van der Waals surface area contributed by atoms with E-state index in [9.17, 15) is 83.2 Å². The van der Waals surface area contributed by atoms with Crippen LogP contribution in [0.15, 0.2) is 67.7 Å². The Morgan fingerprint density at radius 3 is 1.56 bits per heavy atom. The highest BCUT2D eigenvalue weighted by Gasteiger charge is 2.35. The molecule has 0 saturated carbocycles. The van der Waals surface area contributed by atoms with Crippen LogP contribution in [-0.2, 0) is 14.3 Å². The van der Waals surface area contributed by atoms with Gasteiger partial charge >= 0.3 is 0 Å². The highest BCUT2D eigenvalue weighted by Crippen LogP contribution is 2.17. The number of nitrogens with two attached hydrogens (primary N) is 1. The summed E-state index contributed by atoms with van der Waals surface area (Å²) in [7, 11) is 0. The molecule has 7 amide bonds. The first-order chi connectivity index (χ1) is 38.1. The van der Waals surface area contributed by atoms with E-state index in [1.165, 1.54) is 0 Å². The van der Waals surface area contributed by atoms with E-state index in [0.717, 1.165) is 72.2 Å². The van der Waals surface area contributed by atoms with E-state index in [1.807, 2.05) is 0 Å².